The number of carbonyl (C=O) groups is 2. The third-order valence-electron chi connectivity index (χ3n) is 6.49. The molecule has 0 aliphatic rings. The van der Waals surface area contributed by atoms with Crippen LogP contribution in [0.3, 0.4) is 0 Å². The number of carbonyl (C=O) groups excluding carboxylic acids is 2. The van der Waals surface area contributed by atoms with E-state index in [0.717, 1.165) is 4.31 Å². The van der Waals surface area contributed by atoms with Crippen molar-refractivity contribution in [1.29, 1.82) is 0 Å². The van der Waals surface area contributed by atoms with Crippen LogP contribution in [-0.2, 0) is 26.2 Å². The van der Waals surface area contributed by atoms with E-state index in [1.807, 2.05) is 27.7 Å². The van der Waals surface area contributed by atoms with E-state index >= 15 is 0 Å². The molecule has 0 aromatic heterocycles. The number of amides is 2. The second kappa shape index (κ2) is 15.4. The maximum atomic E-state index is 14.2. The maximum absolute atomic E-state index is 14.2. The minimum Gasteiger partial charge on any atom is -0.494 e. The van der Waals surface area contributed by atoms with Gasteiger partial charge in [-0.15, -0.1) is 0 Å². The summed E-state index contributed by atoms with van der Waals surface area (Å²) in [4.78, 5) is 28.9. The average Bonchev–Trinajstić information content (AvgIpc) is 2.96. The summed E-state index contributed by atoms with van der Waals surface area (Å²) in [6.07, 6.45) is 0.322. The highest BCUT2D eigenvalue weighted by Crippen LogP contribution is 2.28. The first-order chi connectivity index (χ1) is 20.0. The average molecular weight is 679 g/mol. The van der Waals surface area contributed by atoms with Gasteiger partial charge in [-0.3, -0.25) is 13.9 Å². The molecule has 0 aliphatic heterocycles. The number of halogens is 2. The van der Waals surface area contributed by atoms with E-state index in [0.29, 0.717) is 40.4 Å². The predicted octanol–water partition coefficient (Wildman–Crippen LogP) is 6.28. The number of ether oxygens (including phenoxy) is 1. The molecule has 0 spiro atoms. The van der Waals surface area contributed by atoms with E-state index in [1.54, 1.807) is 60.7 Å². The van der Waals surface area contributed by atoms with Crippen molar-refractivity contribution in [2.24, 2.45) is 5.92 Å². The van der Waals surface area contributed by atoms with Crippen LogP contribution in [0.25, 0.3) is 0 Å². The Balaban J connectivity index is 2.06. The van der Waals surface area contributed by atoms with Gasteiger partial charge >= 0.3 is 0 Å². The molecule has 0 radical (unpaired) electrons. The number of anilines is 1. The Bertz CT molecular complexity index is 1450. The van der Waals surface area contributed by atoms with Crippen molar-refractivity contribution in [1.82, 2.24) is 10.2 Å². The van der Waals surface area contributed by atoms with Crippen molar-refractivity contribution in [3.05, 3.63) is 87.9 Å². The minimum atomic E-state index is -4.18. The molecule has 0 fully saturated rings. The summed E-state index contributed by atoms with van der Waals surface area (Å²) in [7, 11) is -4.18. The molecule has 0 heterocycles. The topological polar surface area (TPSA) is 96.0 Å². The number of nitrogens with one attached hydrogen (secondary N) is 1. The fourth-order valence-electron chi connectivity index (χ4n) is 4.29. The Kier molecular flexibility index (Phi) is 12.3. The molecule has 11 heteroatoms. The van der Waals surface area contributed by atoms with Crippen molar-refractivity contribution < 1.29 is 22.7 Å². The lowest BCUT2D eigenvalue weighted by Crippen LogP contribution is -2.52. The van der Waals surface area contributed by atoms with Crippen molar-refractivity contribution >= 4 is 55.1 Å². The van der Waals surface area contributed by atoms with E-state index < -0.39 is 28.5 Å². The first-order valence-electron chi connectivity index (χ1n) is 13.8. The van der Waals surface area contributed by atoms with Gasteiger partial charge in [-0.2, -0.15) is 0 Å². The molecule has 0 aliphatic carbocycles. The van der Waals surface area contributed by atoms with Crippen LogP contribution in [0.2, 0.25) is 5.02 Å². The van der Waals surface area contributed by atoms with Crippen LogP contribution >= 0.6 is 27.5 Å². The van der Waals surface area contributed by atoms with Crippen LogP contribution in [-0.4, -0.2) is 50.9 Å². The minimum absolute atomic E-state index is 0.0201. The quantitative estimate of drug-likeness (QED) is 0.217. The second-order valence-electron chi connectivity index (χ2n) is 10.1. The molecule has 3 aromatic rings. The molecule has 8 nitrogen and oxygen atoms in total. The van der Waals surface area contributed by atoms with Gasteiger partial charge in [-0.05, 0) is 79.4 Å². The van der Waals surface area contributed by atoms with Crippen LogP contribution in [0.4, 0.5) is 5.69 Å². The van der Waals surface area contributed by atoms with Gasteiger partial charge in [-0.25, -0.2) is 8.42 Å². The first kappa shape index (κ1) is 33.4. The molecular formula is C31H37BrClN3O5S. The van der Waals surface area contributed by atoms with Gasteiger partial charge in [0.15, 0.2) is 0 Å². The largest absolute Gasteiger partial charge is 0.494 e. The number of sulfonamides is 1. The molecule has 1 N–H and O–H groups in total. The molecular weight excluding hydrogens is 642 g/mol. The van der Waals surface area contributed by atoms with Crippen molar-refractivity contribution in [3.8, 4) is 5.75 Å². The van der Waals surface area contributed by atoms with Gasteiger partial charge in [0.2, 0.25) is 11.8 Å². The molecule has 3 aromatic carbocycles. The highest BCUT2D eigenvalue weighted by atomic mass is 79.9. The lowest BCUT2D eigenvalue weighted by molar-refractivity contribution is -0.140. The summed E-state index contributed by atoms with van der Waals surface area (Å²) in [6.45, 7) is 8.02. The summed E-state index contributed by atoms with van der Waals surface area (Å²) in [6, 6.07) is 18.9. The van der Waals surface area contributed by atoms with Gasteiger partial charge in [0.05, 0.1) is 17.2 Å². The van der Waals surface area contributed by atoms with Gasteiger partial charge < -0.3 is 15.0 Å². The highest BCUT2D eigenvalue weighted by Gasteiger charge is 2.34. The Morgan fingerprint density at radius 1 is 0.976 bits per heavy atom. The van der Waals surface area contributed by atoms with E-state index in [9.17, 15) is 18.0 Å². The Morgan fingerprint density at radius 2 is 1.62 bits per heavy atom. The van der Waals surface area contributed by atoms with Crippen LogP contribution < -0.4 is 14.4 Å². The molecule has 0 bridgehead atoms. The number of hydrogen-bond donors (Lipinski definition) is 1. The van der Waals surface area contributed by atoms with E-state index in [-0.39, 0.29) is 29.0 Å². The molecule has 2 amide bonds. The fraction of sp³-hybridized carbons (Fsp3) is 0.355. The molecule has 0 unspecified atom stereocenters. The van der Waals surface area contributed by atoms with Gasteiger partial charge in [0.1, 0.15) is 18.3 Å². The van der Waals surface area contributed by atoms with E-state index in [4.69, 9.17) is 16.3 Å². The molecule has 42 heavy (non-hydrogen) atoms. The lowest BCUT2D eigenvalue weighted by Gasteiger charge is -2.33. The zero-order chi connectivity index (χ0) is 30.9. The molecule has 0 saturated heterocycles. The summed E-state index contributed by atoms with van der Waals surface area (Å²) in [5.74, 6) is -0.0711. The number of hydrogen-bond acceptors (Lipinski definition) is 5. The zero-order valence-corrected chi connectivity index (χ0v) is 27.4. The van der Waals surface area contributed by atoms with E-state index in [2.05, 4.69) is 21.2 Å². The lowest BCUT2D eigenvalue weighted by atomic mass is 10.1. The molecule has 1 atom stereocenters. The van der Waals surface area contributed by atoms with Crippen LogP contribution in [0.5, 0.6) is 5.75 Å². The highest BCUT2D eigenvalue weighted by molar-refractivity contribution is 9.10. The summed E-state index contributed by atoms with van der Waals surface area (Å²) < 4.78 is 35.3. The van der Waals surface area contributed by atoms with Gasteiger partial charge in [0.25, 0.3) is 10.0 Å². The third-order valence-corrected chi connectivity index (χ3v) is 9.17. The van der Waals surface area contributed by atoms with Crippen molar-refractivity contribution in [2.75, 3.05) is 24.0 Å². The smallest absolute Gasteiger partial charge is 0.264 e. The monoisotopic (exact) mass is 677 g/mol. The number of benzene rings is 3. The Labute approximate surface area is 262 Å². The first-order valence-corrected chi connectivity index (χ1v) is 16.4. The predicted molar refractivity (Wildman–Crippen MR) is 170 cm³/mol. The SMILES string of the molecule is CCOc1ccc(N(CC(=O)N(Cc2ccccc2Cl)[C@@H](CC)C(=O)NCC(C)C)S(=O)(=O)c2ccc(Br)cc2)cc1. The number of rotatable bonds is 14. The summed E-state index contributed by atoms with van der Waals surface area (Å²) in [5, 5.41) is 3.36. The Morgan fingerprint density at radius 3 is 2.19 bits per heavy atom. The van der Waals surface area contributed by atoms with E-state index in [1.165, 1.54) is 17.0 Å². The number of nitrogens with zero attached hydrogens (tertiary/aromatic N) is 2. The summed E-state index contributed by atoms with van der Waals surface area (Å²) in [5.41, 5.74) is 0.927. The van der Waals surface area contributed by atoms with Crippen molar-refractivity contribution in [3.63, 3.8) is 0 Å². The molecule has 226 valence electrons. The summed E-state index contributed by atoms with van der Waals surface area (Å²) >= 11 is 9.79. The zero-order valence-electron chi connectivity index (χ0n) is 24.2. The third kappa shape index (κ3) is 8.72. The van der Waals surface area contributed by atoms with Gasteiger partial charge in [-0.1, -0.05) is 66.5 Å². The van der Waals surface area contributed by atoms with Gasteiger partial charge in [0, 0.05) is 22.6 Å². The van der Waals surface area contributed by atoms with Crippen LogP contribution in [0.15, 0.2) is 82.2 Å². The molecule has 0 saturated carbocycles. The fourth-order valence-corrected chi connectivity index (χ4v) is 6.16. The maximum Gasteiger partial charge on any atom is 0.264 e. The van der Waals surface area contributed by atoms with Crippen molar-refractivity contribution in [2.45, 2.75) is 51.6 Å². The van der Waals surface area contributed by atoms with Crippen LogP contribution in [0, 0.1) is 5.92 Å². The standard InChI is InChI=1S/C31H37BrClN3O5S/c1-5-29(31(38)34-19-22(3)4)35(20-23-9-7-8-10-28(23)33)30(37)21-36(25-13-15-26(16-14-25)41-6-2)42(39,40)27-17-11-24(32)12-18-27/h7-18,22,29H,5-6,19-21H2,1-4H3,(H,34,38)/t29-/m0/s1. The normalized spacial score (nSPS) is 12.1. The second-order valence-corrected chi connectivity index (χ2v) is 13.3. The molecule has 3 rings (SSSR count). The Hall–Kier alpha value is -3.08. The van der Waals surface area contributed by atoms with Crippen LogP contribution in [0.1, 0.15) is 39.7 Å².